The number of amides is 1. The number of hydrogen-bond donors (Lipinski definition) is 2. The Bertz CT molecular complexity index is 424. The van der Waals surface area contributed by atoms with Gasteiger partial charge in [0, 0.05) is 0 Å². The number of benzene rings is 1. The summed E-state index contributed by atoms with van der Waals surface area (Å²) in [4.78, 5) is 23.5. The molecule has 0 heterocycles. The second-order valence-corrected chi connectivity index (χ2v) is 4.56. The van der Waals surface area contributed by atoms with Gasteiger partial charge in [-0.05, 0) is 19.4 Å². The van der Waals surface area contributed by atoms with Crippen molar-refractivity contribution >= 4 is 11.9 Å². The predicted octanol–water partition coefficient (Wildman–Crippen LogP) is 0.754. The molecule has 18 heavy (non-hydrogen) atoms. The van der Waals surface area contributed by atoms with E-state index in [2.05, 4.69) is 10.1 Å². The number of esters is 1. The zero-order valence-corrected chi connectivity index (χ0v) is 10.8. The molecule has 1 rings (SSSR count). The third-order valence-corrected chi connectivity index (χ3v) is 2.43. The van der Waals surface area contributed by atoms with Gasteiger partial charge >= 0.3 is 5.97 Å². The zero-order valence-electron chi connectivity index (χ0n) is 10.8. The van der Waals surface area contributed by atoms with Crippen LogP contribution in [0, 0.1) is 0 Å². The first-order chi connectivity index (χ1) is 8.36. The lowest BCUT2D eigenvalue weighted by Crippen LogP contribution is -2.51. The van der Waals surface area contributed by atoms with E-state index in [-0.39, 0.29) is 0 Å². The largest absolute Gasteiger partial charge is 0.467 e. The van der Waals surface area contributed by atoms with E-state index in [0.717, 1.165) is 0 Å². The average molecular weight is 250 g/mol. The topological polar surface area (TPSA) is 81.4 Å². The molecule has 1 unspecified atom stereocenters. The number of nitrogens with two attached hydrogens (primary N) is 1. The Morgan fingerprint density at radius 3 is 2.28 bits per heavy atom. The maximum atomic E-state index is 11.8. The average Bonchev–Trinajstić information content (AvgIpc) is 2.34. The lowest BCUT2D eigenvalue weighted by molar-refractivity contribution is -0.145. The molecule has 0 saturated heterocycles. The molecular formula is C13H18N2O3. The summed E-state index contributed by atoms with van der Waals surface area (Å²) in [5.74, 6) is -0.944. The van der Waals surface area contributed by atoms with Crippen LogP contribution in [0.4, 0.5) is 0 Å². The molecule has 3 N–H and O–H groups in total. The highest BCUT2D eigenvalue weighted by atomic mass is 16.5. The van der Waals surface area contributed by atoms with Gasteiger partial charge in [0.1, 0.15) is 0 Å². The Hall–Kier alpha value is -1.88. The minimum absolute atomic E-state index is 0.415. The smallest absolute Gasteiger partial charge is 0.333 e. The van der Waals surface area contributed by atoms with Crippen molar-refractivity contribution in [3.8, 4) is 0 Å². The molecule has 0 fully saturated rings. The highest BCUT2D eigenvalue weighted by Crippen LogP contribution is 2.15. The van der Waals surface area contributed by atoms with Crippen LogP contribution in [0.2, 0.25) is 0 Å². The van der Waals surface area contributed by atoms with Crippen molar-refractivity contribution in [3.05, 3.63) is 35.9 Å². The summed E-state index contributed by atoms with van der Waals surface area (Å²) in [5, 5.41) is 2.59. The molecule has 5 nitrogen and oxygen atoms in total. The molecule has 1 amide bonds. The molecule has 0 aromatic heterocycles. The van der Waals surface area contributed by atoms with Crippen LogP contribution in [-0.4, -0.2) is 24.5 Å². The van der Waals surface area contributed by atoms with Gasteiger partial charge in [-0.1, -0.05) is 30.3 Å². The molecule has 5 heteroatoms. The minimum Gasteiger partial charge on any atom is -0.467 e. The van der Waals surface area contributed by atoms with E-state index >= 15 is 0 Å². The number of carbonyl (C=O) groups excluding carboxylic acids is 2. The standard InChI is InChI=1S/C13H18N2O3/c1-13(2,14)12(17)15-10(11(16)18-3)9-7-5-4-6-8-9/h4-8,10H,14H2,1-3H3,(H,15,17). The molecule has 1 atom stereocenters. The number of nitrogens with one attached hydrogen (secondary N) is 1. The van der Waals surface area contributed by atoms with Crippen LogP contribution in [0.25, 0.3) is 0 Å². The lowest BCUT2D eigenvalue weighted by Gasteiger charge is -2.23. The molecule has 98 valence electrons. The van der Waals surface area contributed by atoms with E-state index in [9.17, 15) is 9.59 Å². The number of carbonyl (C=O) groups is 2. The van der Waals surface area contributed by atoms with Crippen LogP contribution >= 0.6 is 0 Å². The van der Waals surface area contributed by atoms with Crippen LogP contribution < -0.4 is 11.1 Å². The summed E-state index contributed by atoms with van der Waals surface area (Å²) in [7, 11) is 1.28. The molecular weight excluding hydrogens is 232 g/mol. The molecule has 0 aliphatic rings. The predicted molar refractivity (Wildman–Crippen MR) is 67.6 cm³/mol. The second kappa shape index (κ2) is 5.64. The maximum absolute atomic E-state index is 11.8. The van der Waals surface area contributed by atoms with Gasteiger partial charge < -0.3 is 15.8 Å². The first-order valence-corrected chi connectivity index (χ1v) is 5.59. The zero-order chi connectivity index (χ0) is 13.8. The van der Waals surface area contributed by atoms with Crippen molar-refractivity contribution < 1.29 is 14.3 Å². The van der Waals surface area contributed by atoms with Gasteiger partial charge in [0.15, 0.2) is 6.04 Å². The molecule has 1 aromatic rings. The van der Waals surface area contributed by atoms with Gasteiger partial charge in [0.25, 0.3) is 0 Å². The van der Waals surface area contributed by atoms with Gasteiger partial charge in [-0.15, -0.1) is 0 Å². The SMILES string of the molecule is COC(=O)C(NC(=O)C(C)(C)N)c1ccccc1. The van der Waals surface area contributed by atoms with Crippen LogP contribution in [0.1, 0.15) is 25.5 Å². The maximum Gasteiger partial charge on any atom is 0.333 e. The highest BCUT2D eigenvalue weighted by Gasteiger charge is 2.29. The fourth-order valence-corrected chi connectivity index (χ4v) is 1.36. The van der Waals surface area contributed by atoms with Gasteiger partial charge in [-0.2, -0.15) is 0 Å². The third kappa shape index (κ3) is 3.56. The summed E-state index contributed by atoms with van der Waals surface area (Å²) in [6.07, 6.45) is 0. The number of rotatable bonds is 4. The fraction of sp³-hybridized carbons (Fsp3) is 0.385. The summed E-state index contributed by atoms with van der Waals surface area (Å²) in [6, 6.07) is 8.03. The van der Waals surface area contributed by atoms with Crippen LogP contribution in [0.15, 0.2) is 30.3 Å². The summed E-state index contributed by atoms with van der Waals surface area (Å²) >= 11 is 0. The van der Waals surface area contributed by atoms with Crippen molar-refractivity contribution in [2.24, 2.45) is 5.73 Å². The first kappa shape index (κ1) is 14.2. The van der Waals surface area contributed by atoms with E-state index in [1.54, 1.807) is 38.1 Å². The molecule has 0 spiro atoms. The van der Waals surface area contributed by atoms with Crippen LogP contribution in [0.3, 0.4) is 0 Å². The lowest BCUT2D eigenvalue weighted by atomic mass is 10.0. The van der Waals surface area contributed by atoms with E-state index < -0.39 is 23.5 Å². The van der Waals surface area contributed by atoms with Crippen molar-refractivity contribution in [2.75, 3.05) is 7.11 Å². The van der Waals surface area contributed by atoms with Crippen molar-refractivity contribution in [3.63, 3.8) is 0 Å². The number of ether oxygens (including phenoxy) is 1. The normalized spacial score (nSPS) is 12.7. The molecule has 0 saturated carbocycles. The Kier molecular flexibility index (Phi) is 4.44. The molecule has 0 aliphatic heterocycles. The van der Waals surface area contributed by atoms with Crippen molar-refractivity contribution in [1.82, 2.24) is 5.32 Å². The molecule has 0 bridgehead atoms. The molecule has 0 radical (unpaired) electrons. The second-order valence-electron chi connectivity index (χ2n) is 4.56. The van der Waals surface area contributed by atoms with E-state index in [1.165, 1.54) is 7.11 Å². The number of hydrogen-bond acceptors (Lipinski definition) is 4. The Labute approximate surface area is 106 Å². The minimum atomic E-state index is -1.05. The third-order valence-electron chi connectivity index (χ3n) is 2.43. The van der Waals surface area contributed by atoms with Crippen molar-refractivity contribution in [1.29, 1.82) is 0 Å². The Morgan fingerprint density at radius 2 is 1.83 bits per heavy atom. The molecule has 1 aromatic carbocycles. The Balaban J connectivity index is 2.95. The van der Waals surface area contributed by atoms with Crippen LogP contribution in [0.5, 0.6) is 0 Å². The van der Waals surface area contributed by atoms with E-state index in [4.69, 9.17) is 5.73 Å². The quantitative estimate of drug-likeness (QED) is 0.773. The summed E-state index contributed by atoms with van der Waals surface area (Å²) < 4.78 is 4.69. The van der Waals surface area contributed by atoms with Gasteiger partial charge in [-0.3, -0.25) is 4.79 Å². The molecule has 0 aliphatic carbocycles. The fourth-order valence-electron chi connectivity index (χ4n) is 1.36. The van der Waals surface area contributed by atoms with Crippen LogP contribution in [-0.2, 0) is 14.3 Å². The monoisotopic (exact) mass is 250 g/mol. The summed E-state index contributed by atoms with van der Waals surface area (Å²) in [5.41, 5.74) is 5.28. The Morgan fingerprint density at radius 1 is 1.28 bits per heavy atom. The first-order valence-electron chi connectivity index (χ1n) is 5.59. The van der Waals surface area contributed by atoms with Crippen molar-refractivity contribution in [2.45, 2.75) is 25.4 Å². The van der Waals surface area contributed by atoms with E-state index in [1.807, 2.05) is 6.07 Å². The van der Waals surface area contributed by atoms with E-state index in [0.29, 0.717) is 5.56 Å². The van der Waals surface area contributed by atoms with Gasteiger partial charge in [0.05, 0.1) is 12.6 Å². The number of methoxy groups -OCH3 is 1. The van der Waals surface area contributed by atoms with Gasteiger partial charge in [-0.25, -0.2) is 4.79 Å². The highest BCUT2D eigenvalue weighted by molar-refractivity contribution is 5.90. The van der Waals surface area contributed by atoms with Gasteiger partial charge in [0.2, 0.25) is 5.91 Å². The summed E-state index contributed by atoms with van der Waals surface area (Å²) in [6.45, 7) is 3.14.